The number of hydrogen-bond donors (Lipinski definition) is 2. The van der Waals surface area contributed by atoms with Crippen molar-refractivity contribution in [1.82, 2.24) is 5.32 Å². The van der Waals surface area contributed by atoms with Gasteiger partial charge in [0.2, 0.25) is 0 Å². The first-order valence-corrected chi connectivity index (χ1v) is 9.18. The van der Waals surface area contributed by atoms with Gasteiger partial charge in [-0.3, -0.25) is 4.99 Å². The third kappa shape index (κ3) is 5.73. The van der Waals surface area contributed by atoms with Gasteiger partial charge in [-0.1, -0.05) is 24.6 Å². The molecule has 4 nitrogen and oxygen atoms in total. The number of benzene rings is 1. The van der Waals surface area contributed by atoms with Crippen LogP contribution in [-0.4, -0.2) is 32.3 Å². The second kappa shape index (κ2) is 9.45. The predicted molar refractivity (Wildman–Crippen MR) is 110 cm³/mol. The molecule has 1 saturated carbocycles. The minimum absolute atomic E-state index is 0. The van der Waals surface area contributed by atoms with Crippen molar-refractivity contribution in [3.63, 3.8) is 0 Å². The number of nitrogens with two attached hydrogens (primary N) is 1. The van der Waals surface area contributed by atoms with E-state index in [0.717, 1.165) is 12.6 Å². The molecule has 0 aromatic heterocycles. The molecule has 2 fully saturated rings. The first kappa shape index (κ1) is 22.3. The number of guanidine groups is 1. The minimum Gasteiger partial charge on any atom is -0.381 e. The van der Waals surface area contributed by atoms with E-state index in [1.54, 1.807) is 6.07 Å². The Bertz CT molecular complexity index is 641. The highest BCUT2D eigenvalue weighted by Gasteiger charge is 2.37. The van der Waals surface area contributed by atoms with Crippen LogP contribution in [0.3, 0.4) is 0 Å². The first-order chi connectivity index (χ1) is 12.4. The van der Waals surface area contributed by atoms with Gasteiger partial charge in [0.15, 0.2) is 5.96 Å². The van der Waals surface area contributed by atoms with E-state index in [1.807, 2.05) is 0 Å². The van der Waals surface area contributed by atoms with E-state index >= 15 is 0 Å². The topological polar surface area (TPSA) is 59.6 Å². The lowest BCUT2D eigenvalue weighted by atomic mass is 9.74. The van der Waals surface area contributed by atoms with Gasteiger partial charge in [0.05, 0.1) is 12.1 Å². The predicted octanol–water partition coefficient (Wildman–Crippen LogP) is 4.08. The molecule has 0 amide bonds. The lowest BCUT2D eigenvalue weighted by molar-refractivity contribution is -0.137. The normalized spacial score (nSPS) is 20.5. The molecule has 0 radical (unpaired) electrons. The van der Waals surface area contributed by atoms with Crippen LogP contribution in [0.2, 0.25) is 0 Å². The second-order valence-electron chi connectivity index (χ2n) is 7.35. The molecule has 1 saturated heterocycles. The zero-order valence-electron chi connectivity index (χ0n) is 15.2. The molecule has 1 heterocycles. The van der Waals surface area contributed by atoms with Crippen molar-refractivity contribution in [3.05, 3.63) is 35.4 Å². The summed E-state index contributed by atoms with van der Waals surface area (Å²) < 4.78 is 44.8. The SMILES string of the molecule is I.NC(=NCC1(c2cccc(C(F)(F)F)c2)CCOCC1)NCC1CCC1. The molecule has 0 unspecified atom stereocenters. The third-order valence-corrected chi connectivity index (χ3v) is 5.60. The molecule has 0 bridgehead atoms. The quantitative estimate of drug-likeness (QED) is 0.367. The fourth-order valence-electron chi connectivity index (χ4n) is 3.56. The molecule has 0 atom stereocenters. The molecule has 1 aliphatic carbocycles. The second-order valence-corrected chi connectivity index (χ2v) is 7.35. The summed E-state index contributed by atoms with van der Waals surface area (Å²) >= 11 is 0. The van der Waals surface area contributed by atoms with Crippen LogP contribution in [0.1, 0.15) is 43.2 Å². The number of nitrogens with zero attached hydrogens (tertiary/aromatic N) is 1. The third-order valence-electron chi connectivity index (χ3n) is 5.60. The first-order valence-electron chi connectivity index (χ1n) is 9.18. The van der Waals surface area contributed by atoms with Crippen LogP contribution >= 0.6 is 24.0 Å². The average Bonchev–Trinajstić information content (AvgIpc) is 2.59. The summed E-state index contributed by atoms with van der Waals surface area (Å²) in [6.45, 7) is 2.21. The average molecular weight is 497 g/mol. The van der Waals surface area contributed by atoms with Gasteiger partial charge in [-0.25, -0.2) is 0 Å². The molecule has 3 N–H and O–H groups in total. The van der Waals surface area contributed by atoms with Crippen LogP contribution in [-0.2, 0) is 16.3 Å². The molecule has 1 aromatic rings. The van der Waals surface area contributed by atoms with Crippen molar-refractivity contribution in [2.75, 3.05) is 26.3 Å². The number of halogens is 4. The van der Waals surface area contributed by atoms with Gasteiger partial charge in [-0.15, -0.1) is 24.0 Å². The zero-order valence-corrected chi connectivity index (χ0v) is 17.6. The smallest absolute Gasteiger partial charge is 0.381 e. The monoisotopic (exact) mass is 497 g/mol. The Morgan fingerprint density at radius 3 is 2.56 bits per heavy atom. The highest BCUT2D eigenvalue weighted by atomic mass is 127. The van der Waals surface area contributed by atoms with Crippen molar-refractivity contribution >= 4 is 29.9 Å². The summed E-state index contributed by atoms with van der Waals surface area (Å²) in [5.41, 5.74) is 5.55. The van der Waals surface area contributed by atoms with Gasteiger partial charge >= 0.3 is 6.18 Å². The highest BCUT2D eigenvalue weighted by Crippen LogP contribution is 2.38. The van der Waals surface area contributed by atoms with Crippen LogP contribution in [0.4, 0.5) is 13.2 Å². The van der Waals surface area contributed by atoms with Crippen molar-refractivity contribution in [3.8, 4) is 0 Å². The fraction of sp³-hybridized carbons (Fsp3) is 0.632. The number of aliphatic imine (C=N–C) groups is 1. The van der Waals surface area contributed by atoms with Crippen LogP contribution in [0.25, 0.3) is 0 Å². The molecule has 1 aromatic carbocycles. The Labute approximate surface area is 175 Å². The Hall–Kier alpha value is -1.03. The van der Waals surface area contributed by atoms with Gasteiger partial charge < -0.3 is 15.8 Å². The van der Waals surface area contributed by atoms with Crippen molar-refractivity contribution < 1.29 is 17.9 Å². The van der Waals surface area contributed by atoms with Crippen LogP contribution in [0.15, 0.2) is 29.3 Å². The maximum atomic E-state index is 13.1. The summed E-state index contributed by atoms with van der Waals surface area (Å²) in [6, 6.07) is 5.58. The van der Waals surface area contributed by atoms with Gasteiger partial charge in [-0.05, 0) is 43.2 Å². The number of hydrogen-bond acceptors (Lipinski definition) is 2. The molecule has 27 heavy (non-hydrogen) atoms. The molecule has 1 aliphatic heterocycles. The lowest BCUT2D eigenvalue weighted by Gasteiger charge is -2.37. The number of ether oxygens (including phenoxy) is 1. The van der Waals surface area contributed by atoms with Crippen molar-refractivity contribution in [1.29, 1.82) is 0 Å². The van der Waals surface area contributed by atoms with Crippen molar-refractivity contribution in [2.24, 2.45) is 16.6 Å². The number of nitrogens with one attached hydrogen (secondary N) is 1. The van der Waals surface area contributed by atoms with E-state index in [0.29, 0.717) is 50.0 Å². The maximum absolute atomic E-state index is 13.1. The molecule has 0 spiro atoms. The number of rotatable bonds is 5. The Balaban J connectivity index is 0.00000261. The van der Waals surface area contributed by atoms with E-state index in [-0.39, 0.29) is 24.0 Å². The van der Waals surface area contributed by atoms with Crippen LogP contribution in [0.5, 0.6) is 0 Å². The summed E-state index contributed by atoms with van der Waals surface area (Å²) in [5.74, 6) is 1.03. The fourth-order valence-corrected chi connectivity index (χ4v) is 3.56. The van der Waals surface area contributed by atoms with Gasteiger partial charge in [0, 0.05) is 25.2 Å². The molecule has 152 valence electrons. The molecule has 3 rings (SSSR count). The molecular formula is C19H27F3IN3O. The summed E-state index contributed by atoms with van der Waals surface area (Å²) in [4.78, 5) is 4.47. The van der Waals surface area contributed by atoms with E-state index < -0.39 is 17.2 Å². The van der Waals surface area contributed by atoms with Gasteiger partial charge in [0.25, 0.3) is 0 Å². The zero-order chi connectivity index (χ0) is 18.6. The maximum Gasteiger partial charge on any atom is 0.416 e. The van der Waals surface area contributed by atoms with E-state index in [9.17, 15) is 13.2 Å². The standard InChI is InChI=1S/C19H26F3N3O.HI/c20-19(21,22)16-6-2-5-15(11-16)18(7-9-26-10-8-18)13-25-17(23)24-12-14-3-1-4-14;/h2,5-6,11,14H,1,3-4,7-10,12-13H2,(H3,23,24,25);1H. The Kier molecular flexibility index (Phi) is 7.79. The minimum atomic E-state index is -4.35. The molecule has 2 aliphatic rings. The van der Waals surface area contributed by atoms with Crippen molar-refractivity contribution in [2.45, 2.75) is 43.7 Å². The lowest BCUT2D eigenvalue weighted by Crippen LogP contribution is -2.41. The molecular weight excluding hydrogens is 470 g/mol. The Morgan fingerprint density at radius 1 is 1.26 bits per heavy atom. The van der Waals surface area contributed by atoms with Crippen LogP contribution < -0.4 is 11.1 Å². The summed E-state index contributed by atoms with van der Waals surface area (Å²) in [6.07, 6.45) is 0.607. The Morgan fingerprint density at radius 2 is 1.96 bits per heavy atom. The largest absolute Gasteiger partial charge is 0.416 e. The van der Waals surface area contributed by atoms with E-state index in [2.05, 4.69) is 10.3 Å². The highest BCUT2D eigenvalue weighted by molar-refractivity contribution is 14.0. The van der Waals surface area contributed by atoms with Gasteiger partial charge in [-0.2, -0.15) is 13.2 Å². The number of alkyl halides is 3. The summed E-state index contributed by atoms with van der Waals surface area (Å²) in [7, 11) is 0. The van der Waals surface area contributed by atoms with Gasteiger partial charge in [0.1, 0.15) is 0 Å². The summed E-state index contributed by atoms with van der Waals surface area (Å²) in [5, 5.41) is 3.14. The van der Waals surface area contributed by atoms with E-state index in [4.69, 9.17) is 10.5 Å². The van der Waals surface area contributed by atoms with E-state index in [1.165, 1.54) is 31.4 Å². The molecule has 8 heteroatoms. The van der Waals surface area contributed by atoms with Crippen LogP contribution in [0, 0.1) is 5.92 Å².